The van der Waals surface area contributed by atoms with Gasteiger partial charge in [0.15, 0.2) is 0 Å². The Morgan fingerprint density at radius 1 is 1.44 bits per heavy atom. The van der Waals surface area contributed by atoms with Crippen LogP contribution < -0.4 is 5.73 Å². The van der Waals surface area contributed by atoms with Gasteiger partial charge in [-0.2, -0.15) is 0 Å². The van der Waals surface area contributed by atoms with Crippen LogP contribution in [0.4, 0.5) is 0 Å². The first-order valence-electron chi connectivity index (χ1n) is 6.59. The number of hydrogen-bond acceptors (Lipinski definition) is 3. The van der Waals surface area contributed by atoms with Gasteiger partial charge in [0.1, 0.15) is 10.7 Å². The van der Waals surface area contributed by atoms with Crippen molar-refractivity contribution >= 4 is 17.2 Å². The molecule has 1 aromatic heterocycles. The summed E-state index contributed by atoms with van der Waals surface area (Å²) in [4.78, 5) is 7.22. The summed E-state index contributed by atoms with van der Waals surface area (Å²) in [7, 11) is 0. The summed E-state index contributed by atoms with van der Waals surface area (Å²) in [6.07, 6.45) is 5.62. The molecule has 2 unspecified atom stereocenters. The van der Waals surface area contributed by atoms with Crippen molar-refractivity contribution in [2.24, 2.45) is 5.73 Å². The van der Waals surface area contributed by atoms with Crippen molar-refractivity contribution in [2.45, 2.75) is 51.7 Å². The molecule has 0 radical (unpaired) electrons. The predicted octanol–water partition coefficient (Wildman–Crippen LogP) is 2.48. The number of piperidine rings is 1. The lowest BCUT2D eigenvalue weighted by molar-refractivity contribution is 0.0951. The van der Waals surface area contributed by atoms with Crippen LogP contribution in [0, 0.1) is 0 Å². The van der Waals surface area contributed by atoms with Crippen LogP contribution in [-0.2, 0) is 6.54 Å². The molecule has 2 heterocycles. The first kappa shape index (κ1) is 13.4. The van der Waals surface area contributed by atoms with Gasteiger partial charge in [-0.25, -0.2) is 0 Å². The zero-order valence-electron chi connectivity index (χ0n) is 11.1. The van der Waals surface area contributed by atoms with Crippen molar-refractivity contribution in [2.75, 3.05) is 0 Å². The number of rotatable bonds is 3. The first-order chi connectivity index (χ1) is 8.59. The Hall–Kier alpha value is -1.00. The molecule has 3 nitrogen and oxygen atoms in total. The molecule has 0 aromatic carbocycles. The summed E-state index contributed by atoms with van der Waals surface area (Å²) < 4.78 is 0. The average Bonchev–Trinajstić information content (AvgIpc) is 2.34. The Balaban J connectivity index is 2.20. The van der Waals surface area contributed by atoms with Gasteiger partial charge < -0.3 is 5.73 Å². The number of nitrogens with zero attached hydrogens (tertiary/aromatic N) is 2. The normalized spacial score (nSPS) is 25.0. The summed E-state index contributed by atoms with van der Waals surface area (Å²) >= 11 is 5.07. The molecule has 2 atom stereocenters. The lowest BCUT2D eigenvalue weighted by Gasteiger charge is -2.39. The second-order valence-corrected chi connectivity index (χ2v) is 5.62. The number of nitrogens with two attached hydrogens (primary N) is 1. The fourth-order valence-electron chi connectivity index (χ4n) is 2.77. The van der Waals surface area contributed by atoms with Gasteiger partial charge in [-0.15, -0.1) is 0 Å². The number of hydrogen-bond donors (Lipinski definition) is 1. The lowest BCUT2D eigenvalue weighted by atomic mass is 9.96. The molecule has 0 saturated carbocycles. The highest BCUT2D eigenvalue weighted by Gasteiger charge is 2.25. The molecule has 98 valence electrons. The monoisotopic (exact) mass is 263 g/mol. The molecule has 0 amide bonds. The number of aromatic nitrogens is 1. The quantitative estimate of drug-likeness (QED) is 0.851. The highest BCUT2D eigenvalue weighted by Crippen LogP contribution is 2.25. The van der Waals surface area contributed by atoms with Gasteiger partial charge in [-0.1, -0.05) is 24.7 Å². The van der Waals surface area contributed by atoms with Crippen LogP contribution in [0.25, 0.3) is 0 Å². The molecule has 18 heavy (non-hydrogen) atoms. The van der Waals surface area contributed by atoms with Crippen LogP contribution in [0.2, 0.25) is 0 Å². The SMILES string of the molecule is CC1CCCC(C)N1Cc1cccnc1C(N)=S. The average molecular weight is 263 g/mol. The Kier molecular flexibility index (Phi) is 4.30. The van der Waals surface area contributed by atoms with E-state index in [1.54, 1.807) is 6.20 Å². The molecule has 1 aliphatic rings. The molecular weight excluding hydrogens is 242 g/mol. The summed E-state index contributed by atoms with van der Waals surface area (Å²) in [5.74, 6) is 0. The zero-order chi connectivity index (χ0) is 13.1. The van der Waals surface area contributed by atoms with Crippen molar-refractivity contribution in [1.82, 2.24) is 9.88 Å². The molecule has 1 aromatic rings. The van der Waals surface area contributed by atoms with Gasteiger partial charge in [-0.3, -0.25) is 9.88 Å². The standard InChI is InChI=1S/C14H21N3S/c1-10-5-3-6-11(2)17(10)9-12-7-4-8-16-13(12)14(15)18/h4,7-8,10-11H,3,5-6,9H2,1-2H3,(H2,15,18). The highest BCUT2D eigenvalue weighted by molar-refractivity contribution is 7.80. The number of thiocarbonyl (C=S) groups is 1. The predicted molar refractivity (Wildman–Crippen MR) is 78.4 cm³/mol. The maximum absolute atomic E-state index is 5.74. The van der Waals surface area contributed by atoms with Crippen molar-refractivity contribution in [3.05, 3.63) is 29.6 Å². The van der Waals surface area contributed by atoms with Gasteiger partial charge in [0, 0.05) is 24.8 Å². The molecule has 0 aliphatic carbocycles. The van der Waals surface area contributed by atoms with Gasteiger partial charge in [-0.05, 0) is 38.3 Å². The Morgan fingerprint density at radius 2 is 2.11 bits per heavy atom. The summed E-state index contributed by atoms with van der Waals surface area (Å²) in [5.41, 5.74) is 7.66. The van der Waals surface area contributed by atoms with Crippen molar-refractivity contribution < 1.29 is 0 Å². The van der Waals surface area contributed by atoms with Crippen LogP contribution in [0.15, 0.2) is 18.3 Å². The van der Waals surface area contributed by atoms with Gasteiger partial charge in [0.05, 0.1) is 0 Å². The summed E-state index contributed by atoms with van der Waals surface area (Å²) in [5, 5.41) is 0. The largest absolute Gasteiger partial charge is 0.388 e. The van der Waals surface area contributed by atoms with E-state index in [9.17, 15) is 0 Å². The van der Waals surface area contributed by atoms with E-state index >= 15 is 0 Å². The molecule has 1 aliphatic heterocycles. The van der Waals surface area contributed by atoms with Crippen LogP contribution >= 0.6 is 12.2 Å². The minimum absolute atomic E-state index is 0.392. The number of likely N-dealkylation sites (tertiary alicyclic amines) is 1. The number of pyridine rings is 1. The second-order valence-electron chi connectivity index (χ2n) is 5.18. The van der Waals surface area contributed by atoms with Crippen LogP contribution in [-0.4, -0.2) is 27.0 Å². The van der Waals surface area contributed by atoms with E-state index in [4.69, 9.17) is 18.0 Å². The molecule has 1 fully saturated rings. The lowest BCUT2D eigenvalue weighted by Crippen LogP contribution is -2.43. The van der Waals surface area contributed by atoms with E-state index in [1.165, 1.54) is 19.3 Å². The molecule has 0 spiro atoms. The van der Waals surface area contributed by atoms with Crippen LogP contribution in [0.3, 0.4) is 0 Å². The molecule has 2 rings (SSSR count). The smallest absolute Gasteiger partial charge is 0.123 e. The van der Waals surface area contributed by atoms with Crippen molar-refractivity contribution in [1.29, 1.82) is 0 Å². The van der Waals surface area contributed by atoms with E-state index in [0.717, 1.165) is 17.8 Å². The minimum atomic E-state index is 0.392. The molecule has 0 bridgehead atoms. The summed E-state index contributed by atoms with van der Waals surface area (Å²) in [6.45, 7) is 5.49. The third-order valence-electron chi connectivity index (χ3n) is 3.85. The van der Waals surface area contributed by atoms with Gasteiger partial charge in [0.2, 0.25) is 0 Å². The molecule has 2 N–H and O–H groups in total. The Morgan fingerprint density at radius 3 is 2.72 bits per heavy atom. The molecular formula is C14H21N3S. The fraction of sp³-hybridized carbons (Fsp3) is 0.571. The first-order valence-corrected chi connectivity index (χ1v) is 7.00. The van der Waals surface area contributed by atoms with E-state index in [2.05, 4.69) is 29.8 Å². The third kappa shape index (κ3) is 2.87. The molecule has 4 heteroatoms. The van der Waals surface area contributed by atoms with Crippen LogP contribution in [0.5, 0.6) is 0 Å². The van der Waals surface area contributed by atoms with E-state index in [-0.39, 0.29) is 0 Å². The topological polar surface area (TPSA) is 42.2 Å². The highest BCUT2D eigenvalue weighted by atomic mass is 32.1. The second kappa shape index (κ2) is 5.76. The minimum Gasteiger partial charge on any atom is -0.388 e. The summed E-state index contributed by atoms with van der Waals surface area (Å²) in [6, 6.07) is 5.27. The van der Waals surface area contributed by atoms with E-state index in [1.807, 2.05) is 6.07 Å². The van der Waals surface area contributed by atoms with Gasteiger partial charge >= 0.3 is 0 Å². The zero-order valence-corrected chi connectivity index (χ0v) is 11.9. The third-order valence-corrected chi connectivity index (χ3v) is 4.05. The Bertz CT molecular complexity index is 423. The fourth-order valence-corrected chi connectivity index (χ4v) is 2.95. The Labute approximate surface area is 114 Å². The molecule has 1 saturated heterocycles. The van der Waals surface area contributed by atoms with E-state index < -0.39 is 0 Å². The van der Waals surface area contributed by atoms with Crippen molar-refractivity contribution in [3.63, 3.8) is 0 Å². The maximum atomic E-state index is 5.74. The van der Waals surface area contributed by atoms with Crippen molar-refractivity contribution in [3.8, 4) is 0 Å². The van der Waals surface area contributed by atoms with Crippen LogP contribution in [0.1, 0.15) is 44.4 Å². The maximum Gasteiger partial charge on any atom is 0.123 e. The van der Waals surface area contributed by atoms with E-state index in [0.29, 0.717) is 17.1 Å². The van der Waals surface area contributed by atoms with Gasteiger partial charge in [0.25, 0.3) is 0 Å².